The van der Waals surface area contributed by atoms with Crippen molar-refractivity contribution in [3.63, 3.8) is 0 Å². The van der Waals surface area contributed by atoms with Crippen LogP contribution in [0.2, 0.25) is 0 Å². The van der Waals surface area contributed by atoms with Crippen molar-refractivity contribution >= 4 is 5.91 Å². The number of rotatable bonds is 3. The lowest BCUT2D eigenvalue weighted by molar-refractivity contribution is -0.135. The highest BCUT2D eigenvalue weighted by atomic mass is 16.5. The van der Waals surface area contributed by atoms with Crippen LogP contribution in [0, 0.1) is 20.8 Å². The number of carbonyl (C=O) groups is 1. The number of carbonyl (C=O) groups excluding carboxylic acids is 1. The quantitative estimate of drug-likeness (QED) is 0.829. The molecule has 0 saturated carbocycles. The number of likely N-dealkylation sites (N-methyl/N-ethyl adjacent to an activating group) is 1. The standard InChI is InChI=1S/C15H22N6O2/c1-10-7-11(2)21(17-10)9-14(22)20-6-5-19(4)13(8-20)15-16-12(3)18-23-15/h7,13H,5-6,8-9H2,1-4H3/t13-/m1/s1. The van der Waals surface area contributed by atoms with E-state index >= 15 is 0 Å². The summed E-state index contributed by atoms with van der Waals surface area (Å²) in [5.74, 6) is 1.23. The molecule has 0 aromatic carbocycles. The van der Waals surface area contributed by atoms with Crippen LogP contribution >= 0.6 is 0 Å². The molecule has 0 aliphatic carbocycles. The summed E-state index contributed by atoms with van der Waals surface area (Å²) in [5.41, 5.74) is 1.92. The lowest BCUT2D eigenvalue weighted by atomic mass is 10.1. The molecule has 1 aliphatic rings. The number of nitrogens with zero attached hydrogens (tertiary/aromatic N) is 6. The van der Waals surface area contributed by atoms with Crippen LogP contribution in [0.1, 0.15) is 29.1 Å². The van der Waals surface area contributed by atoms with Crippen LogP contribution in [0.4, 0.5) is 0 Å². The van der Waals surface area contributed by atoms with Crippen molar-refractivity contribution in [2.75, 3.05) is 26.7 Å². The van der Waals surface area contributed by atoms with E-state index in [0.29, 0.717) is 24.8 Å². The van der Waals surface area contributed by atoms with E-state index in [9.17, 15) is 4.79 Å². The van der Waals surface area contributed by atoms with Crippen molar-refractivity contribution in [2.45, 2.75) is 33.4 Å². The average molecular weight is 318 g/mol. The van der Waals surface area contributed by atoms with Gasteiger partial charge in [0, 0.05) is 25.3 Å². The fraction of sp³-hybridized carbons (Fsp3) is 0.600. The summed E-state index contributed by atoms with van der Waals surface area (Å²) < 4.78 is 7.04. The molecule has 0 N–H and O–H groups in total. The van der Waals surface area contributed by atoms with Crippen LogP contribution in [0.3, 0.4) is 0 Å². The van der Waals surface area contributed by atoms with E-state index < -0.39 is 0 Å². The normalized spacial score (nSPS) is 19.3. The van der Waals surface area contributed by atoms with E-state index in [1.807, 2.05) is 31.9 Å². The summed E-state index contributed by atoms with van der Waals surface area (Å²) in [6.07, 6.45) is 0. The second-order valence-electron chi connectivity index (χ2n) is 6.10. The van der Waals surface area contributed by atoms with Crippen molar-refractivity contribution in [3.05, 3.63) is 29.2 Å². The van der Waals surface area contributed by atoms with Crippen molar-refractivity contribution in [1.82, 2.24) is 29.7 Å². The molecule has 0 bridgehead atoms. The molecule has 0 spiro atoms. The summed E-state index contributed by atoms with van der Waals surface area (Å²) in [6.45, 7) is 7.96. The van der Waals surface area contributed by atoms with Crippen LogP contribution in [-0.2, 0) is 11.3 Å². The number of hydrogen-bond donors (Lipinski definition) is 0. The predicted molar refractivity (Wildman–Crippen MR) is 82.7 cm³/mol. The van der Waals surface area contributed by atoms with Gasteiger partial charge in [0.1, 0.15) is 12.6 Å². The largest absolute Gasteiger partial charge is 0.338 e. The van der Waals surface area contributed by atoms with E-state index in [4.69, 9.17) is 4.52 Å². The maximum absolute atomic E-state index is 12.6. The molecular formula is C15H22N6O2. The molecule has 3 heterocycles. The van der Waals surface area contributed by atoms with E-state index in [0.717, 1.165) is 17.9 Å². The second-order valence-corrected chi connectivity index (χ2v) is 6.10. The van der Waals surface area contributed by atoms with Crippen LogP contribution < -0.4 is 0 Å². The number of aromatic nitrogens is 4. The summed E-state index contributed by atoms with van der Waals surface area (Å²) in [6, 6.07) is 1.91. The topological polar surface area (TPSA) is 80.3 Å². The first-order chi connectivity index (χ1) is 10.9. The van der Waals surface area contributed by atoms with Gasteiger partial charge < -0.3 is 9.42 Å². The summed E-state index contributed by atoms with van der Waals surface area (Å²) in [4.78, 5) is 20.9. The van der Waals surface area contributed by atoms with Crippen molar-refractivity contribution < 1.29 is 9.32 Å². The summed E-state index contributed by atoms with van der Waals surface area (Å²) in [7, 11) is 2.01. The van der Waals surface area contributed by atoms with Gasteiger partial charge in [0.05, 0.1) is 5.69 Å². The third-order valence-corrected chi connectivity index (χ3v) is 4.22. The van der Waals surface area contributed by atoms with Gasteiger partial charge in [-0.15, -0.1) is 0 Å². The maximum atomic E-state index is 12.6. The lowest BCUT2D eigenvalue weighted by Crippen LogP contribution is -2.50. The maximum Gasteiger partial charge on any atom is 0.245 e. The predicted octanol–water partition coefficient (Wildman–Crippen LogP) is 0.707. The molecule has 3 rings (SSSR count). The van der Waals surface area contributed by atoms with E-state index in [1.165, 1.54) is 0 Å². The Morgan fingerprint density at radius 3 is 2.74 bits per heavy atom. The summed E-state index contributed by atoms with van der Waals surface area (Å²) >= 11 is 0. The molecule has 0 radical (unpaired) electrons. The Labute approximate surface area is 135 Å². The Bertz CT molecular complexity index is 707. The third-order valence-electron chi connectivity index (χ3n) is 4.22. The van der Waals surface area contributed by atoms with Gasteiger partial charge in [-0.25, -0.2) is 0 Å². The molecule has 2 aromatic heterocycles. The van der Waals surface area contributed by atoms with Crippen molar-refractivity contribution in [2.24, 2.45) is 0 Å². The molecule has 23 heavy (non-hydrogen) atoms. The fourth-order valence-electron chi connectivity index (χ4n) is 2.88. The summed E-state index contributed by atoms with van der Waals surface area (Å²) in [5, 5.41) is 8.21. The Kier molecular flexibility index (Phi) is 4.16. The minimum Gasteiger partial charge on any atom is -0.338 e. The number of piperazine rings is 1. The molecule has 1 saturated heterocycles. The molecule has 2 aromatic rings. The number of aryl methyl sites for hydroxylation is 3. The first kappa shape index (κ1) is 15.7. The monoisotopic (exact) mass is 318 g/mol. The Hall–Kier alpha value is -2.22. The minimum atomic E-state index is -0.0608. The van der Waals surface area contributed by atoms with E-state index in [2.05, 4.69) is 20.1 Å². The average Bonchev–Trinajstić information content (AvgIpc) is 3.05. The number of amides is 1. The molecule has 124 valence electrons. The molecule has 1 amide bonds. The zero-order valence-electron chi connectivity index (χ0n) is 14.0. The van der Waals surface area contributed by atoms with Crippen molar-refractivity contribution in [3.8, 4) is 0 Å². The van der Waals surface area contributed by atoms with E-state index in [1.54, 1.807) is 11.6 Å². The zero-order valence-corrected chi connectivity index (χ0v) is 14.0. The highest BCUT2D eigenvalue weighted by molar-refractivity contribution is 5.76. The zero-order chi connectivity index (χ0) is 16.6. The van der Waals surface area contributed by atoms with Gasteiger partial charge >= 0.3 is 0 Å². The van der Waals surface area contributed by atoms with Gasteiger partial charge in [-0.1, -0.05) is 5.16 Å². The Morgan fingerprint density at radius 2 is 2.13 bits per heavy atom. The highest BCUT2D eigenvalue weighted by Crippen LogP contribution is 2.22. The molecular weight excluding hydrogens is 296 g/mol. The second kappa shape index (κ2) is 6.11. The van der Waals surface area contributed by atoms with Gasteiger partial charge in [0.2, 0.25) is 11.8 Å². The van der Waals surface area contributed by atoms with Crippen LogP contribution in [0.5, 0.6) is 0 Å². The van der Waals surface area contributed by atoms with Gasteiger partial charge in [0.25, 0.3) is 0 Å². The molecule has 1 aliphatic heterocycles. The van der Waals surface area contributed by atoms with Crippen LogP contribution in [-0.4, -0.2) is 62.3 Å². The van der Waals surface area contributed by atoms with Gasteiger partial charge in [-0.05, 0) is 33.9 Å². The molecule has 8 nitrogen and oxygen atoms in total. The van der Waals surface area contributed by atoms with Crippen LogP contribution in [0.15, 0.2) is 10.6 Å². The lowest BCUT2D eigenvalue weighted by Gasteiger charge is -2.37. The first-order valence-corrected chi connectivity index (χ1v) is 7.73. The van der Waals surface area contributed by atoms with Gasteiger partial charge in [-0.2, -0.15) is 10.1 Å². The molecule has 1 fully saturated rings. The van der Waals surface area contributed by atoms with E-state index in [-0.39, 0.29) is 18.5 Å². The molecule has 8 heteroatoms. The Balaban J connectivity index is 1.70. The van der Waals surface area contributed by atoms with Gasteiger partial charge in [0.15, 0.2) is 5.82 Å². The van der Waals surface area contributed by atoms with Gasteiger partial charge in [-0.3, -0.25) is 14.4 Å². The van der Waals surface area contributed by atoms with Crippen molar-refractivity contribution in [1.29, 1.82) is 0 Å². The van der Waals surface area contributed by atoms with Crippen LogP contribution in [0.25, 0.3) is 0 Å². The minimum absolute atomic E-state index is 0.0607. The third kappa shape index (κ3) is 3.26. The number of hydrogen-bond acceptors (Lipinski definition) is 6. The molecule has 1 atom stereocenters. The SMILES string of the molecule is Cc1cc(C)n(CC(=O)N2CCN(C)[C@@H](c3nc(C)no3)C2)n1. The molecule has 0 unspecified atom stereocenters. The fourth-order valence-corrected chi connectivity index (χ4v) is 2.88. The highest BCUT2D eigenvalue weighted by Gasteiger charge is 2.32. The first-order valence-electron chi connectivity index (χ1n) is 7.73. The smallest absolute Gasteiger partial charge is 0.245 e. The Morgan fingerprint density at radius 1 is 1.35 bits per heavy atom.